The molecule has 1 atom stereocenters. The first-order chi connectivity index (χ1) is 6.76. The molecule has 1 heteroatoms. The largest absolute Gasteiger partial charge is 0.300 e. The van der Waals surface area contributed by atoms with Gasteiger partial charge in [-0.1, -0.05) is 45.3 Å². The Labute approximate surface area is 90.2 Å². The molecule has 0 aromatic heterocycles. The number of nitrogens with zero attached hydrogens (tertiary/aromatic N) is 1. The van der Waals surface area contributed by atoms with E-state index in [9.17, 15) is 0 Å². The van der Waals surface area contributed by atoms with Crippen molar-refractivity contribution in [1.82, 2.24) is 4.90 Å². The Kier molecular flexibility index (Phi) is 9.06. The summed E-state index contributed by atoms with van der Waals surface area (Å²) in [6, 6.07) is 0.788. The van der Waals surface area contributed by atoms with Crippen LogP contribution in [-0.4, -0.2) is 24.5 Å². The lowest BCUT2D eigenvalue weighted by atomic mass is 10.0. The predicted molar refractivity (Wildman–Crippen MR) is 65.7 cm³/mol. The summed E-state index contributed by atoms with van der Waals surface area (Å²) in [4.78, 5) is 2.49. The molecule has 0 aliphatic carbocycles. The van der Waals surface area contributed by atoms with Crippen molar-refractivity contribution >= 4 is 0 Å². The Morgan fingerprint density at radius 1 is 1.14 bits per heavy atom. The monoisotopic (exact) mass is 197 g/mol. The Morgan fingerprint density at radius 2 is 1.86 bits per heavy atom. The fourth-order valence-electron chi connectivity index (χ4n) is 1.78. The molecule has 0 aliphatic rings. The van der Waals surface area contributed by atoms with Gasteiger partial charge in [0, 0.05) is 12.6 Å². The van der Waals surface area contributed by atoms with E-state index in [-0.39, 0.29) is 0 Å². The van der Waals surface area contributed by atoms with Crippen molar-refractivity contribution in [3.05, 3.63) is 12.2 Å². The molecule has 0 N–H and O–H groups in total. The van der Waals surface area contributed by atoms with E-state index in [0.29, 0.717) is 0 Å². The van der Waals surface area contributed by atoms with Crippen LogP contribution in [0.2, 0.25) is 0 Å². The highest BCUT2D eigenvalue weighted by Crippen LogP contribution is 2.12. The van der Waals surface area contributed by atoms with Crippen molar-refractivity contribution in [1.29, 1.82) is 0 Å². The molecule has 0 saturated heterocycles. The molecule has 0 spiro atoms. The van der Waals surface area contributed by atoms with Crippen LogP contribution in [0, 0.1) is 0 Å². The molecule has 0 rings (SSSR count). The van der Waals surface area contributed by atoms with Crippen molar-refractivity contribution in [3.8, 4) is 0 Å². The van der Waals surface area contributed by atoms with Gasteiger partial charge in [0.15, 0.2) is 0 Å². The Balaban J connectivity index is 3.89. The molecule has 84 valence electrons. The lowest BCUT2D eigenvalue weighted by Crippen LogP contribution is -2.31. The van der Waals surface area contributed by atoms with Gasteiger partial charge in [-0.15, -0.1) is 0 Å². The summed E-state index contributed by atoms with van der Waals surface area (Å²) in [7, 11) is 2.25. The van der Waals surface area contributed by atoms with E-state index in [1.807, 2.05) is 0 Å². The Hall–Kier alpha value is -0.300. The zero-order valence-corrected chi connectivity index (χ0v) is 10.4. The molecular formula is C13H27N. The summed E-state index contributed by atoms with van der Waals surface area (Å²) in [5.74, 6) is 0. The molecule has 0 heterocycles. The fourth-order valence-corrected chi connectivity index (χ4v) is 1.78. The Morgan fingerprint density at radius 3 is 2.36 bits per heavy atom. The van der Waals surface area contributed by atoms with Gasteiger partial charge in [-0.3, -0.25) is 4.90 Å². The second kappa shape index (κ2) is 9.26. The van der Waals surface area contributed by atoms with Gasteiger partial charge in [0.25, 0.3) is 0 Å². The van der Waals surface area contributed by atoms with Crippen LogP contribution in [0.15, 0.2) is 12.2 Å². The minimum Gasteiger partial charge on any atom is -0.300 e. The summed E-state index contributed by atoms with van der Waals surface area (Å²) < 4.78 is 0. The summed E-state index contributed by atoms with van der Waals surface area (Å²) in [5.41, 5.74) is 0. The molecule has 0 radical (unpaired) electrons. The van der Waals surface area contributed by atoms with Gasteiger partial charge >= 0.3 is 0 Å². The Bertz CT molecular complexity index is 140. The number of allylic oxidation sites excluding steroid dienone is 1. The van der Waals surface area contributed by atoms with Gasteiger partial charge in [0.05, 0.1) is 0 Å². The van der Waals surface area contributed by atoms with Crippen LogP contribution in [-0.2, 0) is 0 Å². The predicted octanol–water partition coefficient (Wildman–Crippen LogP) is 3.85. The average Bonchev–Trinajstić information content (AvgIpc) is 2.20. The zero-order chi connectivity index (χ0) is 10.8. The summed E-state index contributed by atoms with van der Waals surface area (Å²) >= 11 is 0. The third-order valence-electron chi connectivity index (χ3n) is 2.77. The summed E-state index contributed by atoms with van der Waals surface area (Å²) in [6.45, 7) is 7.75. The molecule has 0 amide bonds. The number of hydrogen-bond donors (Lipinski definition) is 0. The maximum Gasteiger partial charge on any atom is 0.0162 e. The highest BCUT2D eigenvalue weighted by Gasteiger charge is 2.11. The minimum absolute atomic E-state index is 0.788. The second-order valence-corrected chi connectivity index (χ2v) is 4.09. The van der Waals surface area contributed by atoms with E-state index in [2.05, 4.69) is 44.9 Å². The SMILES string of the molecule is C/C=C\CN(C)C(CCC)CCCC. The van der Waals surface area contributed by atoms with Crippen LogP contribution < -0.4 is 0 Å². The van der Waals surface area contributed by atoms with E-state index in [0.717, 1.165) is 12.6 Å². The molecule has 0 saturated carbocycles. The van der Waals surface area contributed by atoms with Crippen LogP contribution in [0.25, 0.3) is 0 Å². The summed E-state index contributed by atoms with van der Waals surface area (Å²) in [6.07, 6.45) is 11.1. The first kappa shape index (κ1) is 13.7. The van der Waals surface area contributed by atoms with Crippen LogP contribution in [0.5, 0.6) is 0 Å². The lowest BCUT2D eigenvalue weighted by molar-refractivity contribution is 0.234. The van der Waals surface area contributed by atoms with Gasteiger partial charge in [-0.25, -0.2) is 0 Å². The van der Waals surface area contributed by atoms with Crippen molar-refractivity contribution in [2.45, 2.75) is 58.9 Å². The number of likely N-dealkylation sites (N-methyl/N-ethyl adjacent to an activating group) is 1. The molecule has 0 aromatic carbocycles. The van der Waals surface area contributed by atoms with Gasteiger partial charge in [0.2, 0.25) is 0 Å². The fraction of sp³-hybridized carbons (Fsp3) is 0.846. The molecule has 0 fully saturated rings. The topological polar surface area (TPSA) is 3.24 Å². The average molecular weight is 197 g/mol. The molecule has 0 bridgehead atoms. The highest BCUT2D eigenvalue weighted by molar-refractivity contribution is 4.82. The van der Waals surface area contributed by atoms with Crippen LogP contribution in [0.3, 0.4) is 0 Å². The standard InChI is InChI=1S/C13H27N/c1-5-8-11-13(10-7-3)14(4)12-9-6-2/h6,9,13H,5,7-8,10-12H2,1-4H3/b9-6-. The number of unbranched alkanes of at least 4 members (excludes halogenated alkanes) is 1. The van der Waals surface area contributed by atoms with Crippen molar-refractivity contribution in [2.75, 3.05) is 13.6 Å². The van der Waals surface area contributed by atoms with E-state index in [1.165, 1.54) is 32.1 Å². The minimum atomic E-state index is 0.788. The first-order valence-electron chi connectivity index (χ1n) is 6.07. The first-order valence-corrected chi connectivity index (χ1v) is 6.07. The lowest BCUT2D eigenvalue weighted by Gasteiger charge is -2.26. The third kappa shape index (κ3) is 6.20. The summed E-state index contributed by atoms with van der Waals surface area (Å²) in [5, 5.41) is 0. The zero-order valence-electron chi connectivity index (χ0n) is 10.4. The number of hydrogen-bond acceptors (Lipinski definition) is 1. The third-order valence-corrected chi connectivity index (χ3v) is 2.77. The second-order valence-electron chi connectivity index (χ2n) is 4.09. The molecular weight excluding hydrogens is 170 g/mol. The van der Waals surface area contributed by atoms with E-state index in [1.54, 1.807) is 0 Å². The van der Waals surface area contributed by atoms with Crippen molar-refractivity contribution in [3.63, 3.8) is 0 Å². The molecule has 1 nitrogen and oxygen atoms in total. The molecule has 0 aromatic rings. The molecule has 14 heavy (non-hydrogen) atoms. The van der Waals surface area contributed by atoms with Gasteiger partial charge in [0.1, 0.15) is 0 Å². The van der Waals surface area contributed by atoms with Gasteiger partial charge in [-0.2, -0.15) is 0 Å². The van der Waals surface area contributed by atoms with Gasteiger partial charge < -0.3 is 0 Å². The van der Waals surface area contributed by atoms with Crippen molar-refractivity contribution < 1.29 is 0 Å². The van der Waals surface area contributed by atoms with Crippen LogP contribution in [0.4, 0.5) is 0 Å². The van der Waals surface area contributed by atoms with Crippen LogP contribution in [0.1, 0.15) is 52.9 Å². The van der Waals surface area contributed by atoms with E-state index >= 15 is 0 Å². The molecule has 1 unspecified atom stereocenters. The van der Waals surface area contributed by atoms with Crippen LogP contribution >= 0.6 is 0 Å². The highest BCUT2D eigenvalue weighted by atomic mass is 15.1. The maximum absolute atomic E-state index is 2.49. The molecule has 0 aliphatic heterocycles. The normalized spacial score (nSPS) is 14.1. The van der Waals surface area contributed by atoms with Gasteiger partial charge in [-0.05, 0) is 26.8 Å². The van der Waals surface area contributed by atoms with E-state index < -0.39 is 0 Å². The quantitative estimate of drug-likeness (QED) is 0.534. The maximum atomic E-state index is 2.49. The van der Waals surface area contributed by atoms with E-state index in [4.69, 9.17) is 0 Å². The smallest absolute Gasteiger partial charge is 0.0162 e. The number of rotatable bonds is 8. The van der Waals surface area contributed by atoms with Crippen molar-refractivity contribution in [2.24, 2.45) is 0 Å².